The van der Waals surface area contributed by atoms with Crippen molar-refractivity contribution in [3.63, 3.8) is 0 Å². The van der Waals surface area contributed by atoms with E-state index >= 15 is 0 Å². The van der Waals surface area contributed by atoms with E-state index in [9.17, 15) is 13.2 Å². The van der Waals surface area contributed by atoms with Crippen molar-refractivity contribution in [1.29, 1.82) is 0 Å². The smallest absolute Gasteiger partial charge is 0.331 e. The van der Waals surface area contributed by atoms with E-state index in [1.807, 2.05) is 30.3 Å². The average molecular weight is 284 g/mol. The van der Waals surface area contributed by atoms with Crippen LogP contribution >= 0.6 is 0 Å². The molecule has 1 amide bonds. The average Bonchev–Trinajstić information content (AvgIpc) is 2.34. The van der Waals surface area contributed by atoms with Crippen LogP contribution in [0, 0.1) is 0 Å². The van der Waals surface area contributed by atoms with Crippen molar-refractivity contribution in [3.05, 3.63) is 35.9 Å². The molecule has 19 heavy (non-hydrogen) atoms. The van der Waals surface area contributed by atoms with Crippen LogP contribution in [0.3, 0.4) is 0 Å². The van der Waals surface area contributed by atoms with Crippen molar-refractivity contribution < 1.29 is 21.6 Å². The Bertz CT molecular complexity index is 589. The third-order valence-corrected chi connectivity index (χ3v) is 3.84. The molecule has 2 heterocycles. The van der Waals surface area contributed by atoms with E-state index in [0.29, 0.717) is 19.6 Å². The van der Waals surface area contributed by atoms with E-state index < -0.39 is 22.2 Å². The molecule has 102 valence electrons. The van der Waals surface area contributed by atoms with Crippen LogP contribution in [-0.4, -0.2) is 38.2 Å². The minimum atomic E-state index is -4.03. The molecule has 0 saturated carbocycles. The number of benzene rings is 1. The molecular formula is C11H12N2O5S. The third kappa shape index (κ3) is 2.23. The molecule has 0 atom stereocenters. The maximum atomic E-state index is 12.2. The summed E-state index contributed by atoms with van der Waals surface area (Å²) in [7, 11) is -4.03. The molecule has 0 radical (unpaired) electrons. The first-order valence-electron chi connectivity index (χ1n) is 5.75. The lowest BCUT2D eigenvalue weighted by molar-refractivity contribution is -0.229. The van der Waals surface area contributed by atoms with Gasteiger partial charge in [0, 0.05) is 19.6 Å². The fraction of sp³-hybridized carbons (Fsp3) is 0.364. The van der Waals surface area contributed by atoms with Crippen LogP contribution in [0.2, 0.25) is 0 Å². The summed E-state index contributed by atoms with van der Waals surface area (Å²) in [5.74, 6) is -2.39. The second-order valence-corrected chi connectivity index (χ2v) is 5.48. The summed E-state index contributed by atoms with van der Waals surface area (Å²) in [6, 6.07) is 9.41. The van der Waals surface area contributed by atoms with E-state index in [4.69, 9.17) is 0 Å². The minimum Gasteiger partial charge on any atom is -0.331 e. The van der Waals surface area contributed by atoms with Crippen molar-refractivity contribution in [3.8, 4) is 0 Å². The lowest BCUT2D eigenvalue weighted by Gasteiger charge is -2.44. The van der Waals surface area contributed by atoms with Crippen molar-refractivity contribution in [2.75, 3.05) is 13.1 Å². The van der Waals surface area contributed by atoms with Gasteiger partial charge in [0.25, 0.3) is 0 Å². The number of hydrogen-bond acceptors (Lipinski definition) is 6. The zero-order valence-electron chi connectivity index (χ0n) is 9.90. The van der Waals surface area contributed by atoms with Crippen LogP contribution in [0.4, 0.5) is 0 Å². The van der Waals surface area contributed by atoms with Gasteiger partial charge in [0.2, 0.25) is 0 Å². The number of hydrogen-bond donors (Lipinski definition) is 1. The Morgan fingerprint density at radius 2 is 1.95 bits per heavy atom. The van der Waals surface area contributed by atoms with Crippen LogP contribution in [-0.2, 0) is 30.1 Å². The molecule has 3 rings (SSSR count). The van der Waals surface area contributed by atoms with Crippen LogP contribution < -0.4 is 5.32 Å². The van der Waals surface area contributed by atoms with Gasteiger partial charge in [-0.1, -0.05) is 30.3 Å². The van der Waals surface area contributed by atoms with Gasteiger partial charge in [0.05, 0.1) is 0 Å². The number of nitrogens with one attached hydrogen (secondary N) is 1. The van der Waals surface area contributed by atoms with Crippen molar-refractivity contribution in [2.45, 2.75) is 12.5 Å². The molecule has 2 fully saturated rings. The second kappa shape index (κ2) is 4.27. The summed E-state index contributed by atoms with van der Waals surface area (Å²) in [5, 5.41) is 2.64. The van der Waals surface area contributed by atoms with Crippen LogP contribution in [0.1, 0.15) is 5.56 Å². The largest absolute Gasteiger partial charge is 0.408 e. The number of nitrogens with zero attached hydrogens (tertiary/aromatic N) is 1. The fourth-order valence-corrected chi connectivity index (χ4v) is 2.97. The maximum Gasteiger partial charge on any atom is 0.408 e. The van der Waals surface area contributed by atoms with Gasteiger partial charge in [-0.05, 0) is 5.56 Å². The lowest BCUT2D eigenvalue weighted by atomic mass is 10.2. The molecule has 2 aliphatic heterocycles. The van der Waals surface area contributed by atoms with Gasteiger partial charge in [0.1, 0.15) is 0 Å². The Labute approximate surface area is 110 Å². The lowest BCUT2D eigenvalue weighted by Crippen LogP contribution is -2.72. The highest BCUT2D eigenvalue weighted by Crippen LogP contribution is 2.32. The van der Waals surface area contributed by atoms with Gasteiger partial charge in [-0.25, -0.2) is 0 Å². The first-order chi connectivity index (χ1) is 9.01. The second-order valence-electron chi connectivity index (χ2n) is 4.33. The number of rotatable bonds is 2. The Balaban J connectivity index is 1.75. The normalized spacial score (nSPS) is 24.2. The third-order valence-electron chi connectivity index (χ3n) is 2.96. The number of carbonyl (C=O) groups excluding carboxylic acids is 1. The van der Waals surface area contributed by atoms with E-state index in [-0.39, 0.29) is 0 Å². The highest BCUT2D eigenvalue weighted by molar-refractivity contribution is 7.83. The van der Waals surface area contributed by atoms with E-state index in [0.717, 1.165) is 5.56 Å². The summed E-state index contributed by atoms with van der Waals surface area (Å²) < 4.78 is 31.0. The predicted molar refractivity (Wildman–Crippen MR) is 63.7 cm³/mol. The topological polar surface area (TPSA) is 84.9 Å². The molecule has 1 aromatic rings. The summed E-state index contributed by atoms with van der Waals surface area (Å²) in [6.07, 6.45) is 0. The summed E-state index contributed by atoms with van der Waals surface area (Å²) in [4.78, 5) is 13.7. The van der Waals surface area contributed by atoms with Crippen LogP contribution in [0.15, 0.2) is 30.3 Å². The van der Waals surface area contributed by atoms with Gasteiger partial charge >= 0.3 is 22.2 Å². The van der Waals surface area contributed by atoms with Crippen molar-refractivity contribution >= 4 is 16.3 Å². The van der Waals surface area contributed by atoms with Gasteiger partial charge < -0.3 is 4.90 Å². The zero-order chi connectivity index (χ0) is 13.5. The van der Waals surface area contributed by atoms with E-state index in [1.54, 1.807) is 0 Å². The predicted octanol–water partition coefficient (Wildman–Crippen LogP) is -0.436. The highest BCUT2D eigenvalue weighted by Gasteiger charge is 2.61. The van der Waals surface area contributed by atoms with Crippen molar-refractivity contribution in [1.82, 2.24) is 10.2 Å². The number of carbonyl (C=O) groups is 1. The molecule has 0 aliphatic carbocycles. The Morgan fingerprint density at radius 1 is 1.26 bits per heavy atom. The summed E-state index contributed by atoms with van der Waals surface area (Å²) >= 11 is 0. The van der Waals surface area contributed by atoms with Gasteiger partial charge in [-0.3, -0.25) is 10.1 Å². The number of piperazine rings is 1. The molecule has 2 saturated heterocycles. The molecule has 8 heteroatoms. The molecule has 0 aromatic heterocycles. The summed E-state index contributed by atoms with van der Waals surface area (Å²) in [5.41, 5.74) is 0.954. The molecule has 1 aromatic carbocycles. The molecule has 0 unspecified atom stereocenters. The molecular weight excluding hydrogens is 272 g/mol. The van der Waals surface area contributed by atoms with Crippen LogP contribution in [0.25, 0.3) is 0 Å². The van der Waals surface area contributed by atoms with Crippen LogP contribution in [0.5, 0.6) is 0 Å². The monoisotopic (exact) mass is 284 g/mol. The summed E-state index contributed by atoms with van der Waals surface area (Å²) in [6.45, 7) is 1.24. The quantitative estimate of drug-likeness (QED) is 0.793. The first-order valence-corrected chi connectivity index (χ1v) is 7.09. The fourth-order valence-electron chi connectivity index (χ4n) is 2.12. The standard InChI is InChI=1S/C11H12N2O5S/c14-10-11(17-19(15,16)18-11)12-6-7-13(10)8-9-4-2-1-3-5-9/h1-5,12H,6-8H2. The van der Waals surface area contributed by atoms with Gasteiger partial charge in [-0.15, -0.1) is 0 Å². The first kappa shape index (κ1) is 12.5. The molecule has 0 bridgehead atoms. The van der Waals surface area contributed by atoms with E-state index in [2.05, 4.69) is 13.7 Å². The number of amides is 1. The molecule has 1 spiro atoms. The Morgan fingerprint density at radius 3 is 2.58 bits per heavy atom. The van der Waals surface area contributed by atoms with Crippen molar-refractivity contribution in [2.24, 2.45) is 0 Å². The van der Waals surface area contributed by atoms with E-state index in [1.165, 1.54) is 4.90 Å². The SMILES string of the molecule is O=C1N(Cc2ccccc2)CCNC12OS(=O)(=O)O2. The van der Waals surface area contributed by atoms with Gasteiger partial charge in [0.15, 0.2) is 0 Å². The highest BCUT2D eigenvalue weighted by atomic mass is 32.3. The molecule has 7 nitrogen and oxygen atoms in total. The molecule has 1 N–H and O–H groups in total. The molecule has 2 aliphatic rings. The Kier molecular flexibility index (Phi) is 2.82. The zero-order valence-corrected chi connectivity index (χ0v) is 10.7. The maximum absolute atomic E-state index is 12.2. The Hall–Kier alpha value is -1.48. The minimum absolute atomic E-state index is 0.385. The van der Waals surface area contributed by atoms with Gasteiger partial charge in [-0.2, -0.15) is 16.8 Å².